The third-order valence-corrected chi connectivity index (χ3v) is 3.04. The van der Waals surface area contributed by atoms with Crippen LogP contribution in [0.25, 0.3) is 0 Å². The average Bonchev–Trinajstić information content (AvgIpc) is 2.32. The molecule has 0 unspecified atom stereocenters. The summed E-state index contributed by atoms with van der Waals surface area (Å²) in [6.07, 6.45) is 1.99. The fraction of sp³-hybridized carbons (Fsp3) is 0.500. The van der Waals surface area contributed by atoms with Crippen LogP contribution >= 0.6 is 31.9 Å². The largest absolute Gasteiger partial charge is 0.490 e. The molecule has 0 aliphatic heterocycles. The average molecular weight is 352 g/mol. The molecule has 1 aromatic rings. The second-order valence-corrected chi connectivity index (χ2v) is 4.81. The van der Waals surface area contributed by atoms with Gasteiger partial charge in [0.2, 0.25) is 0 Å². The third-order valence-electron chi connectivity index (χ3n) is 1.92. The number of rotatable bonds is 8. The van der Waals surface area contributed by atoms with Crippen molar-refractivity contribution in [2.75, 3.05) is 23.9 Å². The molecule has 2 nitrogen and oxygen atoms in total. The van der Waals surface area contributed by atoms with E-state index < -0.39 is 0 Å². The highest BCUT2D eigenvalue weighted by Crippen LogP contribution is 2.26. The molecule has 0 saturated heterocycles. The van der Waals surface area contributed by atoms with Crippen molar-refractivity contribution in [3.8, 4) is 11.5 Å². The van der Waals surface area contributed by atoms with Crippen LogP contribution in [0.15, 0.2) is 24.3 Å². The normalized spacial score (nSPS) is 10.1. The first-order valence-electron chi connectivity index (χ1n) is 5.35. The third kappa shape index (κ3) is 5.21. The Hall–Kier alpha value is -0.220. The van der Waals surface area contributed by atoms with Gasteiger partial charge in [0.05, 0.1) is 13.2 Å². The molecule has 90 valence electrons. The Morgan fingerprint density at radius 2 is 1.25 bits per heavy atom. The summed E-state index contributed by atoms with van der Waals surface area (Å²) in [5.74, 6) is 1.66. The molecule has 0 heterocycles. The van der Waals surface area contributed by atoms with Crippen LogP contribution in [-0.2, 0) is 0 Å². The van der Waals surface area contributed by atoms with Crippen molar-refractivity contribution in [1.29, 1.82) is 0 Å². The van der Waals surface area contributed by atoms with Crippen molar-refractivity contribution < 1.29 is 9.47 Å². The van der Waals surface area contributed by atoms with Gasteiger partial charge >= 0.3 is 0 Å². The van der Waals surface area contributed by atoms with Crippen LogP contribution in [0.3, 0.4) is 0 Å². The molecule has 0 N–H and O–H groups in total. The number of hydrogen-bond acceptors (Lipinski definition) is 2. The summed E-state index contributed by atoms with van der Waals surface area (Å²) in [5, 5.41) is 1.92. The monoisotopic (exact) mass is 350 g/mol. The van der Waals surface area contributed by atoms with Gasteiger partial charge in [0.25, 0.3) is 0 Å². The first kappa shape index (κ1) is 13.8. The summed E-state index contributed by atoms with van der Waals surface area (Å²) >= 11 is 6.75. The lowest BCUT2D eigenvalue weighted by molar-refractivity contribution is 0.270. The maximum atomic E-state index is 5.64. The predicted molar refractivity (Wildman–Crippen MR) is 74.3 cm³/mol. The minimum Gasteiger partial charge on any atom is -0.490 e. The Labute approximate surface area is 114 Å². The molecule has 0 aliphatic rings. The molecule has 1 rings (SSSR count). The molecule has 0 amide bonds. The van der Waals surface area contributed by atoms with E-state index in [1.807, 2.05) is 24.3 Å². The van der Waals surface area contributed by atoms with Crippen LogP contribution < -0.4 is 9.47 Å². The molecule has 0 aromatic heterocycles. The maximum Gasteiger partial charge on any atom is 0.161 e. The summed E-state index contributed by atoms with van der Waals surface area (Å²) in [5.41, 5.74) is 0. The molecular formula is C12H16Br2O2. The molecule has 4 heteroatoms. The molecule has 0 spiro atoms. The Balaban J connectivity index is 2.46. The summed E-state index contributed by atoms with van der Waals surface area (Å²) in [6.45, 7) is 1.42. The molecule has 0 fully saturated rings. The second kappa shape index (κ2) is 8.88. The van der Waals surface area contributed by atoms with E-state index in [4.69, 9.17) is 9.47 Å². The van der Waals surface area contributed by atoms with Crippen molar-refractivity contribution >= 4 is 31.9 Å². The molecule has 0 aliphatic carbocycles. The van der Waals surface area contributed by atoms with E-state index in [0.29, 0.717) is 13.2 Å². The number of benzene rings is 1. The number of hydrogen-bond donors (Lipinski definition) is 0. The minimum atomic E-state index is 0.712. The Bertz CT molecular complexity index is 263. The molecule has 0 bridgehead atoms. The quantitative estimate of drug-likeness (QED) is 0.520. The van der Waals surface area contributed by atoms with Gasteiger partial charge in [0, 0.05) is 10.7 Å². The molecule has 0 atom stereocenters. The lowest BCUT2D eigenvalue weighted by atomic mass is 10.3. The fourth-order valence-electron chi connectivity index (χ4n) is 1.16. The topological polar surface area (TPSA) is 18.5 Å². The van der Waals surface area contributed by atoms with Gasteiger partial charge in [0.1, 0.15) is 0 Å². The van der Waals surface area contributed by atoms with Gasteiger partial charge in [-0.2, -0.15) is 0 Å². The van der Waals surface area contributed by atoms with E-state index in [0.717, 1.165) is 35.0 Å². The summed E-state index contributed by atoms with van der Waals surface area (Å²) in [7, 11) is 0. The standard InChI is InChI=1S/C12H16Br2O2/c13-7-3-9-15-11-5-1-2-6-12(11)16-10-4-8-14/h1-2,5-6H,3-4,7-10H2. The van der Waals surface area contributed by atoms with Gasteiger partial charge in [-0.05, 0) is 25.0 Å². The summed E-state index contributed by atoms with van der Waals surface area (Å²) in [4.78, 5) is 0. The summed E-state index contributed by atoms with van der Waals surface area (Å²) < 4.78 is 11.3. The number of ether oxygens (including phenoxy) is 2. The van der Waals surface area contributed by atoms with Gasteiger partial charge < -0.3 is 9.47 Å². The SMILES string of the molecule is BrCCCOc1ccccc1OCCCBr. The van der Waals surface area contributed by atoms with E-state index >= 15 is 0 Å². The van der Waals surface area contributed by atoms with Crippen LogP contribution in [0.1, 0.15) is 12.8 Å². The molecule has 16 heavy (non-hydrogen) atoms. The fourth-order valence-corrected chi connectivity index (χ4v) is 1.62. The molecule has 0 radical (unpaired) electrons. The number of alkyl halides is 2. The van der Waals surface area contributed by atoms with Gasteiger partial charge in [-0.3, -0.25) is 0 Å². The van der Waals surface area contributed by atoms with E-state index in [9.17, 15) is 0 Å². The predicted octanol–water partition coefficient (Wildman–Crippen LogP) is 4.01. The van der Waals surface area contributed by atoms with Gasteiger partial charge in [0.15, 0.2) is 11.5 Å². The van der Waals surface area contributed by atoms with Crippen molar-refractivity contribution in [2.45, 2.75) is 12.8 Å². The first-order valence-corrected chi connectivity index (χ1v) is 7.59. The van der Waals surface area contributed by atoms with Crippen LogP contribution in [0, 0.1) is 0 Å². The zero-order chi connectivity index (χ0) is 11.6. The van der Waals surface area contributed by atoms with E-state index in [1.54, 1.807) is 0 Å². The minimum absolute atomic E-state index is 0.712. The summed E-state index contributed by atoms with van der Waals surface area (Å²) in [6, 6.07) is 7.80. The maximum absolute atomic E-state index is 5.64. The number of para-hydroxylation sites is 2. The van der Waals surface area contributed by atoms with Crippen LogP contribution in [-0.4, -0.2) is 23.9 Å². The van der Waals surface area contributed by atoms with Crippen LogP contribution in [0.2, 0.25) is 0 Å². The van der Waals surface area contributed by atoms with Crippen LogP contribution in [0.5, 0.6) is 11.5 Å². The van der Waals surface area contributed by atoms with E-state index in [-0.39, 0.29) is 0 Å². The molecule has 0 saturated carbocycles. The zero-order valence-corrected chi connectivity index (χ0v) is 12.3. The number of halogens is 2. The lowest BCUT2D eigenvalue weighted by Crippen LogP contribution is -2.02. The second-order valence-electron chi connectivity index (χ2n) is 3.23. The van der Waals surface area contributed by atoms with Crippen LogP contribution in [0.4, 0.5) is 0 Å². The van der Waals surface area contributed by atoms with Crippen molar-refractivity contribution in [3.63, 3.8) is 0 Å². The van der Waals surface area contributed by atoms with Gasteiger partial charge in [-0.15, -0.1) is 0 Å². The highest BCUT2D eigenvalue weighted by atomic mass is 79.9. The van der Waals surface area contributed by atoms with Crippen molar-refractivity contribution in [2.24, 2.45) is 0 Å². The highest BCUT2D eigenvalue weighted by Gasteiger charge is 2.03. The smallest absolute Gasteiger partial charge is 0.161 e. The first-order chi connectivity index (χ1) is 7.88. The van der Waals surface area contributed by atoms with Gasteiger partial charge in [-0.25, -0.2) is 0 Å². The lowest BCUT2D eigenvalue weighted by Gasteiger charge is -2.11. The van der Waals surface area contributed by atoms with Crippen molar-refractivity contribution in [3.05, 3.63) is 24.3 Å². The van der Waals surface area contributed by atoms with E-state index in [1.165, 1.54) is 0 Å². The van der Waals surface area contributed by atoms with Gasteiger partial charge in [-0.1, -0.05) is 44.0 Å². The zero-order valence-electron chi connectivity index (χ0n) is 9.12. The van der Waals surface area contributed by atoms with Crippen molar-refractivity contribution in [1.82, 2.24) is 0 Å². The highest BCUT2D eigenvalue weighted by molar-refractivity contribution is 9.09. The molecular weight excluding hydrogens is 336 g/mol. The van der Waals surface area contributed by atoms with E-state index in [2.05, 4.69) is 31.9 Å². The Morgan fingerprint density at radius 3 is 1.62 bits per heavy atom. The Morgan fingerprint density at radius 1 is 0.812 bits per heavy atom. The molecule has 1 aromatic carbocycles. The Kier molecular flexibility index (Phi) is 7.68.